The summed E-state index contributed by atoms with van der Waals surface area (Å²) in [6.45, 7) is 3.31. The fourth-order valence-corrected chi connectivity index (χ4v) is 4.00. The van der Waals surface area contributed by atoms with E-state index in [0.717, 1.165) is 12.0 Å². The van der Waals surface area contributed by atoms with Crippen molar-refractivity contribution in [3.05, 3.63) is 29.7 Å². The summed E-state index contributed by atoms with van der Waals surface area (Å²) in [6.07, 6.45) is 6.84. The lowest BCUT2D eigenvalue weighted by atomic mass is 10.1. The number of likely N-dealkylation sites (tertiary alicyclic amines) is 1. The van der Waals surface area contributed by atoms with E-state index < -0.39 is 10.0 Å². The van der Waals surface area contributed by atoms with Crippen LogP contribution in [0.2, 0.25) is 0 Å². The number of amides is 1. The van der Waals surface area contributed by atoms with Gasteiger partial charge >= 0.3 is 0 Å². The molecule has 1 aliphatic heterocycles. The van der Waals surface area contributed by atoms with Crippen LogP contribution in [0.4, 0.5) is 0 Å². The molecule has 0 bridgehead atoms. The van der Waals surface area contributed by atoms with Gasteiger partial charge in [0.15, 0.2) is 0 Å². The summed E-state index contributed by atoms with van der Waals surface area (Å²) in [5.41, 5.74) is 0. The molecule has 1 aromatic heterocycles. The van der Waals surface area contributed by atoms with Crippen molar-refractivity contribution in [2.75, 3.05) is 19.3 Å². The van der Waals surface area contributed by atoms with Gasteiger partial charge in [0.1, 0.15) is 11.5 Å². The van der Waals surface area contributed by atoms with Crippen LogP contribution >= 0.6 is 0 Å². The van der Waals surface area contributed by atoms with E-state index in [2.05, 4.69) is 11.6 Å². The van der Waals surface area contributed by atoms with Crippen LogP contribution in [0.5, 0.6) is 0 Å². The first-order chi connectivity index (χ1) is 11.3. The summed E-state index contributed by atoms with van der Waals surface area (Å²) in [4.78, 5) is 14.0. The largest absolute Gasteiger partial charge is 0.461 e. The van der Waals surface area contributed by atoms with Crippen molar-refractivity contribution in [3.63, 3.8) is 0 Å². The third-order valence-electron chi connectivity index (χ3n) is 4.70. The van der Waals surface area contributed by atoms with Crippen LogP contribution in [-0.2, 0) is 14.8 Å². The maximum Gasteiger partial charge on any atom is 0.246 e. The molecule has 0 radical (unpaired) electrons. The van der Waals surface area contributed by atoms with E-state index in [1.165, 1.54) is 12.5 Å². The van der Waals surface area contributed by atoms with Crippen LogP contribution in [0.25, 0.3) is 6.08 Å². The molecule has 1 saturated heterocycles. The van der Waals surface area contributed by atoms with Crippen molar-refractivity contribution >= 4 is 22.0 Å². The zero-order valence-electron chi connectivity index (χ0n) is 14.1. The van der Waals surface area contributed by atoms with Crippen LogP contribution in [0.1, 0.15) is 43.6 Å². The molecule has 24 heavy (non-hydrogen) atoms. The Kier molecular flexibility index (Phi) is 4.83. The Labute approximate surface area is 143 Å². The Morgan fingerprint density at radius 1 is 1.33 bits per heavy atom. The van der Waals surface area contributed by atoms with Gasteiger partial charge in [0, 0.05) is 31.1 Å². The molecule has 7 heteroatoms. The monoisotopic (exact) mass is 352 g/mol. The predicted molar refractivity (Wildman–Crippen MR) is 91.8 cm³/mol. The lowest BCUT2D eigenvalue weighted by molar-refractivity contribution is -0.126. The van der Waals surface area contributed by atoms with Gasteiger partial charge < -0.3 is 9.32 Å². The third kappa shape index (κ3) is 4.48. The Bertz CT molecular complexity index is 730. The number of rotatable bonds is 5. The van der Waals surface area contributed by atoms with Gasteiger partial charge in [-0.15, -0.1) is 0 Å². The molecule has 1 saturated carbocycles. The van der Waals surface area contributed by atoms with Gasteiger partial charge in [-0.3, -0.25) is 4.79 Å². The second-order valence-corrected chi connectivity index (χ2v) is 8.66. The zero-order valence-corrected chi connectivity index (χ0v) is 14.9. The van der Waals surface area contributed by atoms with Crippen molar-refractivity contribution in [1.82, 2.24) is 9.62 Å². The molecule has 1 amide bonds. The maximum absolute atomic E-state index is 12.2. The second-order valence-electron chi connectivity index (χ2n) is 6.88. The smallest absolute Gasteiger partial charge is 0.246 e. The number of hydrogen-bond donors (Lipinski definition) is 1. The first-order valence-corrected chi connectivity index (χ1v) is 10.2. The molecule has 2 heterocycles. The summed E-state index contributed by atoms with van der Waals surface area (Å²) < 4.78 is 30.8. The normalized spacial score (nSPS) is 25.3. The lowest BCUT2D eigenvalue weighted by Crippen LogP contribution is -2.45. The average Bonchev–Trinajstić information content (AvgIpc) is 3.06. The Morgan fingerprint density at radius 3 is 2.58 bits per heavy atom. The standard InChI is InChI=1S/C17H24N2O4S/c1-12-11-15(12)16-5-3-14(23-16)4-6-17(20)19-9-7-13(8-10-19)18-24(2,21)22/h3-6,12-13,15,18H,7-11H2,1-2H3/b6-4+/t12-,15+/m1/s1. The molecule has 0 unspecified atom stereocenters. The number of piperidine rings is 1. The summed E-state index contributed by atoms with van der Waals surface area (Å²) in [5.74, 6) is 2.86. The molecular weight excluding hydrogens is 328 g/mol. The van der Waals surface area contributed by atoms with E-state index in [9.17, 15) is 13.2 Å². The lowest BCUT2D eigenvalue weighted by Gasteiger charge is -2.31. The highest BCUT2D eigenvalue weighted by Gasteiger charge is 2.36. The first-order valence-electron chi connectivity index (χ1n) is 8.36. The second kappa shape index (κ2) is 6.72. The van der Waals surface area contributed by atoms with Gasteiger partial charge in [-0.2, -0.15) is 0 Å². The van der Waals surface area contributed by atoms with Crippen molar-refractivity contribution in [3.8, 4) is 0 Å². The van der Waals surface area contributed by atoms with E-state index in [1.807, 2.05) is 12.1 Å². The molecule has 1 aromatic rings. The molecule has 1 aliphatic carbocycles. The van der Waals surface area contributed by atoms with Gasteiger partial charge in [0.05, 0.1) is 6.26 Å². The molecular formula is C17H24N2O4S. The molecule has 2 atom stereocenters. The summed E-state index contributed by atoms with van der Waals surface area (Å²) >= 11 is 0. The highest BCUT2D eigenvalue weighted by atomic mass is 32.2. The molecule has 132 valence electrons. The number of sulfonamides is 1. The van der Waals surface area contributed by atoms with Gasteiger partial charge in [-0.1, -0.05) is 6.92 Å². The molecule has 2 aliphatic rings. The molecule has 3 rings (SSSR count). The van der Waals surface area contributed by atoms with Crippen molar-refractivity contribution in [1.29, 1.82) is 0 Å². The molecule has 1 N–H and O–H groups in total. The number of nitrogens with zero attached hydrogens (tertiary/aromatic N) is 1. The van der Waals surface area contributed by atoms with Gasteiger partial charge in [-0.25, -0.2) is 13.1 Å². The van der Waals surface area contributed by atoms with Crippen molar-refractivity contribution < 1.29 is 17.6 Å². The van der Waals surface area contributed by atoms with Crippen molar-refractivity contribution in [2.45, 2.75) is 38.1 Å². The van der Waals surface area contributed by atoms with Crippen LogP contribution in [0.15, 0.2) is 22.6 Å². The summed E-state index contributed by atoms with van der Waals surface area (Å²) in [5, 5.41) is 0. The summed E-state index contributed by atoms with van der Waals surface area (Å²) in [7, 11) is -3.19. The van der Waals surface area contributed by atoms with Crippen LogP contribution in [-0.4, -0.2) is 44.6 Å². The molecule has 2 fully saturated rings. The number of carbonyl (C=O) groups excluding carboxylic acids is 1. The number of furan rings is 1. The highest BCUT2D eigenvalue weighted by Crippen LogP contribution is 2.47. The minimum absolute atomic E-state index is 0.0643. The quantitative estimate of drug-likeness (QED) is 0.822. The topological polar surface area (TPSA) is 79.6 Å². The fourth-order valence-electron chi connectivity index (χ4n) is 3.16. The third-order valence-corrected chi connectivity index (χ3v) is 5.46. The Morgan fingerprint density at radius 2 is 2.00 bits per heavy atom. The van der Waals surface area contributed by atoms with Crippen LogP contribution < -0.4 is 4.72 Å². The van der Waals surface area contributed by atoms with Crippen LogP contribution in [0.3, 0.4) is 0 Å². The minimum atomic E-state index is -3.19. The van der Waals surface area contributed by atoms with E-state index in [-0.39, 0.29) is 11.9 Å². The number of hydrogen-bond acceptors (Lipinski definition) is 4. The molecule has 0 aromatic carbocycles. The van der Waals surface area contributed by atoms with E-state index in [0.29, 0.717) is 43.5 Å². The Balaban J connectivity index is 1.49. The Hall–Kier alpha value is -1.60. The zero-order chi connectivity index (χ0) is 17.3. The van der Waals surface area contributed by atoms with E-state index in [4.69, 9.17) is 4.42 Å². The predicted octanol–water partition coefficient (Wildman–Crippen LogP) is 1.96. The molecule has 6 nitrogen and oxygen atoms in total. The average molecular weight is 352 g/mol. The van der Waals surface area contributed by atoms with E-state index >= 15 is 0 Å². The molecule has 0 spiro atoms. The fraction of sp³-hybridized carbons (Fsp3) is 0.588. The van der Waals surface area contributed by atoms with E-state index in [1.54, 1.807) is 11.0 Å². The minimum Gasteiger partial charge on any atom is -0.461 e. The van der Waals surface area contributed by atoms with Gasteiger partial charge in [-0.05, 0) is 43.4 Å². The maximum atomic E-state index is 12.2. The number of carbonyl (C=O) groups is 1. The number of nitrogens with one attached hydrogen (secondary N) is 1. The first kappa shape index (κ1) is 17.2. The van der Waals surface area contributed by atoms with Gasteiger partial charge in [0.2, 0.25) is 15.9 Å². The van der Waals surface area contributed by atoms with Gasteiger partial charge in [0.25, 0.3) is 0 Å². The van der Waals surface area contributed by atoms with Crippen molar-refractivity contribution in [2.24, 2.45) is 5.92 Å². The highest BCUT2D eigenvalue weighted by molar-refractivity contribution is 7.88. The summed E-state index contributed by atoms with van der Waals surface area (Å²) in [6, 6.07) is 3.80. The van der Waals surface area contributed by atoms with Crippen LogP contribution in [0, 0.1) is 5.92 Å². The SMILES string of the molecule is C[C@@H]1C[C@@H]1c1ccc(/C=C/C(=O)N2CCC(NS(C)(=O)=O)CC2)o1.